The molecule has 3 aromatic rings. The number of hydrogen-bond donors (Lipinski definition) is 2. The minimum atomic E-state index is 0.0627. The Morgan fingerprint density at radius 2 is 1.15 bits per heavy atom. The molecule has 4 heteroatoms. The highest BCUT2D eigenvalue weighted by Crippen LogP contribution is 2.41. The normalized spacial score (nSPS) is 11.8. The van der Waals surface area contributed by atoms with Gasteiger partial charge in [-0.3, -0.25) is 0 Å². The molecule has 4 nitrogen and oxygen atoms in total. The van der Waals surface area contributed by atoms with Gasteiger partial charge in [0.15, 0.2) is 5.69 Å². The smallest absolute Gasteiger partial charge is 0.218 e. The molecule has 0 aliphatic heterocycles. The molecule has 136 valence electrons. The predicted molar refractivity (Wildman–Crippen MR) is 108 cm³/mol. The number of benzene rings is 2. The van der Waals surface area contributed by atoms with Crippen LogP contribution in [0.1, 0.15) is 44.5 Å². The van der Waals surface area contributed by atoms with E-state index in [4.69, 9.17) is 0 Å². The average molecular weight is 349 g/mol. The van der Waals surface area contributed by atoms with Crippen molar-refractivity contribution in [1.29, 1.82) is 0 Å². The van der Waals surface area contributed by atoms with Crippen molar-refractivity contribution in [2.24, 2.45) is 10.2 Å². The molecule has 1 heterocycles. The Balaban J connectivity index is 2.23. The van der Waals surface area contributed by atoms with E-state index in [-0.39, 0.29) is 5.88 Å². The summed E-state index contributed by atoms with van der Waals surface area (Å²) in [5.41, 5.74) is 11.9. The molecule has 0 unspecified atom stereocenters. The van der Waals surface area contributed by atoms with Crippen LogP contribution in [0, 0.1) is 55.4 Å². The van der Waals surface area contributed by atoms with E-state index in [1.807, 2.05) is 6.07 Å². The van der Waals surface area contributed by atoms with E-state index in [0.29, 0.717) is 5.69 Å². The molecule has 0 radical (unpaired) electrons. The van der Waals surface area contributed by atoms with E-state index < -0.39 is 0 Å². The summed E-state index contributed by atoms with van der Waals surface area (Å²) >= 11 is 0. The average Bonchev–Trinajstić information content (AvgIpc) is 2.91. The number of aromatic nitrogens is 1. The first kappa shape index (κ1) is 18.2. The van der Waals surface area contributed by atoms with E-state index >= 15 is 0 Å². The second-order valence-corrected chi connectivity index (χ2v) is 7.36. The van der Waals surface area contributed by atoms with E-state index in [1.54, 1.807) is 0 Å². The van der Waals surface area contributed by atoms with Gasteiger partial charge < -0.3 is 10.1 Å². The Bertz CT molecular complexity index is 1040. The van der Waals surface area contributed by atoms with Crippen molar-refractivity contribution >= 4 is 22.3 Å². The van der Waals surface area contributed by atoms with Crippen LogP contribution in [0.15, 0.2) is 16.3 Å². The lowest BCUT2D eigenvalue weighted by Crippen LogP contribution is -1.95. The fourth-order valence-corrected chi connectivity index (χ4v) is 3.62. The highest BCUT2D eigenvalue weighted by atomic mass is 16.3. The Morgan fingerprint density at radius 1 is 0.654 bits per heavy atom. The van der Waals surface area contributed by atoms with Crippen molar-refractivity contribution in [1.82, 2.24) is 4.98 Å². The van der Waals surface area contributed by atoms with Crippen molar-refractivity contribution in [2.45, 2.75) is 55.4 Å². The molecule has 0 atom stereocenters. The lowest BCUT2D eigenvalue weighted by molar-refractivity contribution is 0.459. The van der Waals surface area contributed by atoms with Crippen LogP contribution in [0.4, 0.5) is 11.4 Å². The van der Waals surface area contributed by atoms with Crippen LogP contribution in [0.5, 0.6) is 5.88 Å². The Morgan fingerprint density at radius 3 is 1.73 bits per heavy atom. The van der Waals surface area contributed by atoms with Gasteiger partial charge in [-0.15, -0.1) is 10.2 Å². The molecule has 3 rings (SSSR count). The molecule has 0 amide bonds. The highest BCUT2D eigenvalue weighted by Gasteiger charge is 2.17. The molecule has 0 aliphatic rings. The largest absolute Gasteiger partial charge is 0.493 e. The van der Waals surface area contributed by atoms with Crippen LogP contribution < -0.4 is 0 Å². The summed E-state index contributed by atoms with van der Waals surface area (Å²) in [5.74, 6) is 0.0627. The van der Waals surface area contributed by atoms with Gasteiger partial charge >= 0.3 is 0 Å². The summed E-state index contributed by atoms with van der Waals surface area (Å²) in [7, 11) is 0. The minimum Gasteiger partial charge on any atom is -0.493 e. The summed E-state index contributed by atoms with van der Waals surface area (Å²) in [4.78, 5) is 3.04. The van der Waals surface area contributed by atoms with Crippen molar-refractivity contribution in [2.75, 3.05) is 0 Å². The van der Waals surface area contributed by atoms with Gasteiger partial charge in [-0.1, -0.05) is 0 Å². The number of azo groups is 1. The third-order valence-corrected chi connectivity index (χ3v) is 6.08. The van der Waals surface area contributed by atoms with Crippen LogP contribution in [-0.2, 0) is 0 Å². The quantitative estimate of drug-likeness (QED) is 0.493. The summed E-state index contributed by atoms with van der Waals surface area (Å²) in [6.07, 6.45) is 0. The number of aromatic amines is 1. The third-order valence-electron chi connectivity index (χ3n) is 6.08. The SMILES string of the molecule is Cc1cc2[nH]c(O)c(N=Nc3c(C)c(C)c(C)c(C)c3C)c2c(C)c1C. The molecule has 0 fully saturated rings. The van der Waals surface area contributed by atoms with Crippen LogP contribution in [0.2, 0.25) is 0 Å². The first-order valence-electron chi connectivity index (χ1n) is 8.95. The maximum Gasteiger partial charge on any atom is 0.218 e. The minimum absolute atomic E-state index is 0.0627. The molecular formula is C22H27N3O. The van der Waals surface area contributed by atoms with Gasteiger partial charge in [0.2, 0.25) is 5.88 Å². The second kappa shape index (κ2) is 6.27. The zero-order valence-electron chi connectivity index (χ0n) is 16.9. The Hall–Kier alpha value is -2.62. The standard InChI is InChI=1S/C22H27N3O/c1-10-9-18-19(15(6)11(10)2)21(22(26)23-18)25-24-20-16(7)13(4)12(3)14(5)17(20)8/h9,23,26H,1-8H3. The Labute approximate surface area is 155 Å². The molecule has 0 saturated heterocycles. The van der Waals surface area contributed by atoms with Crippen LogP contribution in [0.3, 0.4) is 0 Å². The van der Waals surface area contributed by atoms with Gasteiger partial charge in [-0.2, -0.15) is 0 Å². The van der Waals surface area contributed by atoms with E-state index in [0.717, 1.165) is 33.3 Å². The molecule has 0 aliphatic carbocycles. The number of aromatic hydroxyl groups is 1. The number of nitrogens with one attached hydrogen (secondary N) is 1. The lowest BCUT2D eigenvalue weighted by Gasteiger charge is -2.14. The molecule has 0 saturated carbocycles. The number of fused-ring (bicyclic) bond motifs is 1. The monoisotopic (exact) mass is 349 g/mol. The first-order valence-corrected chi connectivity index (χ1v) is 8.95. The maximum absolute atomic E-state index is 10.4. The summed E-state index contributed by atoms with van der Waals surface area (Å²) < 4.78 is 0. The maximum atomic E-state index is 10.4. The van der Waals surface area contributed by atoms with Gasteiger partial charge in [0.1, 0.15) is 0 Å². The van der Waals surface area contributed by atoms with Gasteiger partial charge in [0.05, 0.1) is 11.2 Å². The predicted octanol–water partition coefficient (Wildman–Crippen LogP) is 6.76. The van der Waals surface area contributed by atoms with Crippen LogP contribution in [0.25, 0.3) is 10.9 Å². The van der Waals surface area contributed by atoms with Crippen molar-refractivity contribution in [3.8, 4) is 5.88 Å². The zero-order chi connectivity index (χ0) is 19.3. The highest BCUT2D eigenvalue weighted by molar-refractivity contribution is 5.98. The van der Waals surface area contributed by atoms with Gasteiger partial charge in [-0.25, -0.2) is 0 Å². The zero-order valence-corrected chi connectivity index (χ0v) is 16.9. The van der Waals surface area contributed by atoms with Gasteiger partial charge in [-0.05, 0) is 106 Å². The van der Waals surface area contributed by atoms with E-state index in [2.05, 4.69) is 70.6 Å². The van der Waals surface area contributed by atoms with Crippen LogP contribution in [-0.4, -0.2) is 10.1 Å². The van der Waals surface area contributed by atoms with Crippen molar-refractivity contribution in [3.63, 3.8) is 0 Å². The molecular weight excluding hydrogens is 322 g/mol. The molecule has 2 aromatic carbocycles. The van der Waals surface area contributed by atoms with Crippen LogP contribution >= 0.6 is 0 Å². The van der Waals surface area contributed by atoms with E-state index in [1.165, 1.54) is 27.8 Å². The number of rotatable bonds is 2. The second-order valence-electron chi connectivity index (χ2n) is 7.36. The molecule has 2 N–H and O–H groups in total. The topological polar surface area (TPSA) is 60.7 Å². The molecule has 0 spiro atoms. The molecule has 1 aromatic heterocycles. The fraction of sp³-hybridized carbons (Fsp3) is 0.364. The first-order chi connectivity index (χ1) is 12.1. The lowest BCUT2D eigenvalue weighted by atomic mass is 9.93. The fourth-order valence-electron chi connectivity index (χ4n) is 3.62. The van der Waals surface area contributed by atoms with Gasteiger partial charge in [0.25, 0.3) is 0 Å². The van der Waals surface area contributed by atoms with Crippen molar-refractivity contribution < 1.29 is 5.11 Å². The van der Waals surface area contributed by atoms with E-state index in [9.17, 15) is 5.11 Å². The number of aryl methyl sites for hydroxylation is 2. The number of nitrogens with zero attached hydrogens (tertiary/aromatic N) is 2. The molecule has 26 heavy (non-hydrogen) atoms. The molecule has 0 bridgehead atoms. The van der Waals surface area contributed by atoms with Crippen molar-refractivity contribution in [3.05, 3.63) is 50.6 Å². The summed E-state index contributed by atoms with van der Waals surface area (Å²) in [6.45, 7) is 16.8. The summed E-state index contributed by atoms with van der Waals surface area (Å²) in [6, 6.07) is 2.05. The van der Waals surface area contributed by atoms with Gasteiger partial charge in [0, 0.05) is 5.39 Å². The summed E-state index contributed by atoms with van der Waals surface area (Å²) in [5, 5.41) is 20.4. The Kier molecular flexibility index (Phi) is 4.39. The third kappa shape index (κ3) is 2.61. The number of hydrogen-bond acceptors (Lipinski definition) is 3. The number of H-pyrrole nitrogens is 1.